The van der Waals surface area contributed by atoms with Crippen LogP contribution in [0.4, 0.5) is 0 Å². The lowest BCUT2D eigenvalue weighted by Crippen LogP contribution is -2.48. The quantitative estimate of drug-likeness (QED) is 0.666. The fourth-order valence-electron chi connectivity index (χ4n) is 2.08. The average molecular weight is 182 g/mol. The molecule has 0 radical (unpaired) electrons. The van der Waals surface area contributed by atoms with Gasteiger partial charge in [-0.3, -0.25) is 4.79 Å². The van der Waals surface area contributed by atoms with Gasteiger partial charge in [-0.1, -0.05) is 0 Å². The van der Waals surface area contributed by atoms with Crippen molar-refractivity contribution in [3.05, 3.63) is 0 Å². The highest BCUT2D eigenvalue weighted by Gasteiger charge is 2.48. The predicted octanol–water partition coefficient (Wildman–Crippen LogP) is 0.450. The second-order valence-corrected chi connectivity index (χ2v) is 4.31. The van der Waals surface area contributed by atoms with E-state index in [2.05, 4.69) is 10.6 Å². The standard InChI is InChI=1S/C10H18N2O/c1-8(13)10(4-5-10)12-9-2-6-11-7-3-9/h9,11-12H,2-7H2,1H3. The van der Waals surface area contributed by atoms with E-state index < -0.39 is 0 Å². The number of piperidine rings is 1. The second kappa shape index (κ2) is 3.39. The molecular formula is C10H18N2O. The van der Waals surface area contributed by atoms with Crippen LogP contribution < -0.4 is 10.6 Å². The summed E-state index contributed by atoms with van der Waals surface area (Å²) in [5.41, 5.74) is -0.109. The van der Waals surface area contributed by atoms with E-state index in [-0.39, 0.29) is 5.54 Å². The summed E-state index contributed by atoms with van der Waals surface area (Å²) in [5, 5.41) is 6.84. The molecule has 0 spiro atoms. The summed E-state index contributed by atoms with van der Waals surface area (Å²) in [6.07, 6.45) is 4.42. The Morgan fingerprint density at radius 2 is 2.00 bits per heavy atom. The maximum absolute atomic E-state index is 11.3. The van der Waals surface area contributed by atoms with Gasteiger partial charge in [-0.15, -0.1) is 0 Å². The van der Waals surface area contributed by atoms with Crippen LogP contribution in [0.2, 0.25) is 0 Å². The monoisotopic (exact) mass is 182 g/mol. The highest BCUT2D eigenvalue weighted by molar-refractivity contribution is 5.89. The molecule has 74 valence electrons. The molecule has 0 unspecified atom stereocenters. The van der Waals surface area contributed by atoms with Gasteiger partial charge in [0.05, 0.1) is 5.54 Å². The molecule has 13 heavy (non-hydrogen) atoms. The zero-order valence-corrected chi connectivity index (χ0v) is 8.23. The van der Waals surface area contributed by atoms with Crippen molar-refractivity contribution in [1.82, 2.24) is 10.6 Å². The molecule has 1 aliphatic heterocycles. The van der Waals surface area contributed by atoms with Gasteiger partial charge in [0.15, 0.2) is 0 Å². The van der Waals surface area contributed by atoms with Gasteiger partial charge >= 0.3 is 0 Å². The number of hydrogen-bond donors (Lipinski definition) is 2. The predicted molar refractivity (Wildman–Crippen MR) is 51.7 cm³/mol. The summed E-state index contributed by atoms with van der Waals surface area (Å²) < 4.78 is 0. The molecule has 0 aromatic heterocycles. The van der Waals surface area contributed by atoms with Crippen molar-refractivity contribution in [3.63, 3.8) is 0 Å². The molecule has 0 aromatic carbocycles. The fourth-order valence-corrected chi connectivity index (χ4v) is 2.08. The summed E-state index contributed by atoms with van der Waals surface area (Å²) in [6.45, 7) is 3.89. The van der Waals surface area contributed by atoms with Crippen molar-refractivity contribution in [3.8, 4) is 0 Å². The van der Waals surface area contributed by atoms with E-state index in [0.717, 1.165) is 38.8 Å². The first-order chi connectivity index (χ1) is 6.23. The lowest BCUT2D eigenvalue weighted by Gasteiger charge is -2.27. The van der Waals surface area contributed by atoms with Gasteiger partial charge in [0.2, 0.25) is 0 Å². The fraction of sp³-hybridized carbons (Fsp3) is 0.900. The zero-order valence-electron chi connectivity index (χ0n) is 8.23. The molecule has 2 rings (SSSR count). The lowest BCUT2D eigenvalue weighted by molar-refractivity contribution is -0.120. The van der Waals surface area contributed by atoms with Crippen molar-refractivity contribution in [2.24, 2.45) is 0 Å². The SMILES string of the molecule is CC(=O)C1(NC2CCNCC2)CC1. The normalized spacial score (nSPS) is 27.2. The van der Waals surface area contributed by atoms with Crippen LogP contribution >= 0.6 is 0 Å². The minimum Gasteiger partial charge on any atom is -0.317 e. The van der Waals surface area contributed by atoms with E-state index in [1.54, 1.807) is 6.92 Å². The number of ketones is 1. The molecule has 0 amide bonds. The van der Waals surface area contributed by atoms with Crippen LogP contribution in [-0.4, -0.2) is 30.5 Å². The van der Waals surface area contributed by atoms with E-state index in [1.165, 1.54) is 0 Å². The third kappa shape index (κ3) is 1.92. The molecular weight excluding hydrogens is 164 g/mol. The average Bonchev–Trinajstić information content (AvgIpc) is 2.87. The smallest absolute Gasteiger partial charge is 0.149 e. The van der Waals surface area contributed by atoms with Gasteiger partial charge < -0.3 is 10.6 Å². The first kappa shape index (κ1) is 9.16. The summed E-state index contributed by atoms with van der Waals surface area (Å²) in [6, 6.07) is 0.563. The Morgan fingerprint density at radius 3 is 2.46 bits per heavy atom. The Hall–Kier alpha value is -0.410. The Kier molecular flexibility index (Phi) is 2.39. The maximum Gasteiger partial charge on any atom is 0.149 e. The topological polar surface area (TPSA) is 41.1 Å². The van der Waals surface area contributed by atoms with Crippen LogP contribution in [0.15, 0.2) is 0 Å². The third-order valence-electron chi connectivity index (χ3n) is 3.24. The molecule has 0 atom stereocenters. The van der Waals surface area contributed by atoms with E-state index in [1.807, 2.05) is 0 Å². The minimum absolute atomic E-state index is 0.109. The number of Topliss-reactive ketones (excluding diaryl/α,β-unsaturated/α-hetero) is 1. The van der Waals surface area contributed by atoms with Gasteiger partial charge in [0.25, 0.3) is 0 Å². The number of hydrogen-bond acceptors (Lipinski definition) is 3. The van der Waals surface area contributed by atoms with Gasteiger partial charge in [-0.05, 0) is 45.7 Å². The molecule has 1 saturated carbocycles. The molecule has 0 bridgehead atoms. The Bertz CT molecular complexity index is 205. The second-order valence-electron chi connectivity index (χ2n) is 4.31. The van der Waals surface area contributed by atoms with Gasteiger partial charge in [-0.25, -0.2) is 0 Å². The molecule has 2 N–H and O–H groups in total. The van der Waals surface area contributed by atoms with Crippen molar-refractivity contribution in [2.45, 2.75) is 44.2 Å². The van der Waals surface area contributed by atoms with E-state index in [9.17, 15) is 4.79 Å². The van der Waals surface area contributed by atoms with E-state index in [4.69, 9.17) is 0 Å². The number of nitrogens with one attached hydrogen (secondary N) is 2. The van der Waals surface area contributed by atoms with Crippen LogP contribution in [0.5, 0.6) is 0 Å². The summed E-state index contributed by atoms with van der Waals surface area (Å²) in [4.78, 5) is 11.3. The number of rotatable bonds is 3. The highest BCUT2D eigenvalue weighted by atomic mass is 16.1. The first-order valence-corrected chi connectivity index (χ1v) is 5.22. The number of carbonyl (C=O) groups is 1. The van der Waals surface area contributed by atoms with Gasteiger partial charge in [0.1, 0.15) is 5.78 Å². The lowest BCUT2D eigenvalue weighted by atomic mass is 10.0. The Labute approximate surface area is 79.3 Å². The Balaban J connectivity index is 1.86. The summed E-state index contributed by atoms with van der Waals surface area (Å²) >= 11 is 0. The molecule has 3 nitrogen and oxygen atoms in total. The van der Waals surface area contributed by atoms with Crippen molar-refractivity contribution < 1.29 is 4.79 Å². The summed E-state index contributed by atoms with van der Waals surface area (Å²) in [5.74, 6) is 0.325. The van der Waals surface area contributed by atoms with Crippen molar-refractivity contribution in [2.75, 3.05) is 13.1 Å². The van der Waals surface area contributed by atoms with Gasteiger partial charge in [-0.2, -0.15) is 0 Å². The van der Waals surface area contributed by atoms with E-state index in [0.29, 0.717) is 11.8 Å². The molecule has 1 heterocycles. The van der Waals surface area contributed by atoms with Crippen molar-refractivity contribution in [1.29, 1.82) is 0 Å². The molecule has 1 aliphatic carbocycles. The highest BCUT2D eigenvalue weighted by Crippen LogP contribution is 2.37. The van der Waals surface area contributed by atoms with Gasteiger partial charge in [0, 0.05) is 6.04 Å². The first-order valence-electron chi connectivity index (χ1n) is 5.22. The molecule has 2 aliphatic rings. The largest absolute Gasteiger partial charge is 0.317 e. The third-order valence-corrected chi connectivity index (χ3v) is 3.24. The zero-order chi connectivity index (χ0) is 9.31. The molecule has 0 aromatic rings. The molecule has 2 fully saturated rings. The Morgan fingerprint density at radius 1 is 1.38 bits per heavy atom. The van der Waals surface area contributed by atoms with Crippen LogP contribution in [-0.2, 0) is 4.79 Å². The molecule has 1 saturated heterocycles. The van der Waals surface area contributed by atoms with E-state index >= 15 is 0 Å². The van der Waals surface area contributed by atoms with Crippen LogP contribution in [0.25, 0.3) is 0 Å². The van der Waals surface area contributed by atoms with Crippen LogP contribution in [0, 0.1) is 0 Å². The van der Waals surface area contributed by atoms with Crippen molar-refractivity contribution >= 4 is 5.78 Å². The summed E-state index contributed by atoms with van der Waals surface area (Å²) in [7, 11) is 0. The number of carbonyl (C=O) groups excluding carboxylic acids is 1. The maximum atomic E-state index is 11.3. The van der Waals surface area contributed by atoms with Crippen LogP contribution in [0.1, 0.15) is 32.6 Å². The van der Waals surface area contributed by atoms with Crippen LogP contribution in [0.3, 0.4) is 0 Å². The minimum atomic E-state index is -0.109. The molecule has 3 heteroatoms.